The van der Waals surface area contributed by atoms with Crippen LogP contribution in [0.2, 0.25) is 0 Å². The lowest BCUT2D eigenvalue weighted by Crippen LogP contribution is -2.43. The molecule has 0 fully saturated rings. The molecule has 5 heteroatoms. The predicted octanol–water partition coefficient (Wildman–Crippen LogP) is 2.24. The Labute approximate surface area is 142 Å². The zero-order valence-corrected chi connectivity index (χ0v) is 14.2. The maximum absolute atomic E-state index is 11.9. The average molecular weight is 326 g/mol. The third kappa shape index (κ3) is 5.12. The summed E-state index contributed by atoms with van der Waals surface area (Å²) >= 11 is 0. The Kier molecular flexibility index (Phi) is 5.95. The second kappa shape index (κ2) is 8.15. The normalized spacial score (nSPS) is 10.1. The van der Waals surface area contributed by atoms with Crippen LogP contribution in [-0.4, -0.2) is 18.9 Å². The zero-order chi connectivity index (χ0) is 17.5. The van der Waals surface area contributed by atoms with E-state index in [1.54, 1.807) is 19.2 Å². The molecule has 0 aliphatic carbocycles. The second-order valence-electron chi connectivity index (χ2n) is 5.72. The van der Waals surface area contributed by atoms with Crippen LogP contribution in [0, 0.1) is 13.8 Å². The monoisotopic (exact) mass is 326 g/mol. The summed E-state index contributed by atoms with van der Waals surface area (Å²) in [7, 11) is 1.59. The summed E-state index contributed by atoms with van der Waals surface area (Å²) in [5.41, 5.74) is 8.97. The highest BCUT2D eigenvalue weighted by Crippen LogP contribution is 2.12. The molecule has 24 heavy (non-hydrogen) atoms. The van der Waals surface area contributed by atoms with Gasteiger partial charge >= 0.3 is 0 Å². The van der Waals surface area contributed by atoms with Crippen molar-refractivity contribution in [1.82, 2.24) is 10.9 Å². The molecule has 2 aromatic carbocycles. The fourth-order valence-corrected chi connectivity index (χ4v) is 2.26. The van der Waals surface area contributed by atoms with E-state index in [1.807, 2.05) is 44.2 Å². The van der Waals surface area contributed by atoms with Gasteiger partial charge in [0.25, 0.3) is 0 Å². The number of ether oxygens (including phenoxy) is 1. The molecular formula is C19H22N2O3. The molecule has 126 valence electrons. The molecule has 0 heterocycles. The third-order valence-electron chi connectivity index (χ3n) is 3.80. The minimum atomic E-state index is -0.270. The van der Waals surface area contributed by atoms with Gasteiger partial charge in [-0.15, -0.1) is 0 Å². The molecule has 2 rings (SSSR count). The minimum Gasteiger partial charge on any atom is -0.497 e. The van der Waals surface area contributed by atoms with E-state index < -0.39 is 0 Å². The number of rotatable bonds is 5. The van der Waals surface area contributed by atoms with Gasteiger partial charge in [-0.3, -0.25) is 20.4 Å². The van der Waals surface area contributed by atoms with Crippen LogP contribution >= 0.6 is 0 Å². The lowest BCUT2D eigenvalue weighted by molar-refractivity contribution is -0.128. The average Bonchev–Trinajstić information content (AvgIpc) is 2.57. The summed E-state index contributed by atoms with van der Waals surface area (Å²) in [6.07, 6.45) is 0.415. The van der Waals surface area contributed by atoms with Gasteiger partial charge in [0.2, 0.25) is 11.8 Å². The molecule has 0 aliphatic heterocycles. The highest BCUT2D eigenvalue weighted by molar-refractivity contribution is 5.84. The SMILES string of the molecule is COc1ccc(CC(=O)NNC(=O)Cc2ccc(C)c(C)c2)cc1. The predicted molar refractivity (Wildman–Crippen MR) is 92.6 cm³/mol. The molecular weight excluding hydrogens is 304 g/mol. The number of hydrogen-bond donors (Lipinski definition) is 2. The summed E-state index contributed by atoms with van der Waals surface area (Å²) in [5.74, 6) is 0.218. The number of benzene rings is 2. The van der Waals surface area contributed by atoms with Gasteiger partial charge in [-0.05, 0) is 48.2 Å². The largest absolute Gasteiger partial charge is 0.497 e. The van der Waals surface area contributed by atoms with Gasteiger partial charge in [-0.25, -0.2) is 0 Å². The first-order valence-corrected chi connectivity index (χ1v) is 7.74. The van der Waals surface area contributed by atoms with Crippen LogP contribution in [0.5, 0.6) is 5.75 Å². The van der Waals surface area contributed by atoms with Crippen molar-refractivity contribution in [3.05, 3.63) is 64.7 Å². The molecule has 2 N–H and O–H groups in total. The van der Waals surface area contributed by atoms with Gasteiger partial charge in [0.15, 0.2) is 0 Å². The van der Waals surface area contributed by atoms with Crippen LogP contribution < -0.4 is 15.6 Å². The van der Waals surface area contributed by atoms with Gasteiger partial charge in [-0.1, -0.05) is 30.3 Å². The Balaban J connectivity index is 1.79. The number of methoxy groups -OCH3 is 1. The van der Waals surface area contributed by atoms with Crippen molar-refractivity contribution in [2.24, 2.45) is 0 Å². The molecule has 0 unspecified atom stereocenters. The van der Waals surface area contributed by atoms with Gasteiger partial charge in [0.05, 0.1) is 20.0 Å². The van der Waals surface area contributed by atoms with Gasteiger partial charge in [0, 0.05) is 0 Å². The first-order chi connectivity index (χ1) is 11.5. The van der Waals surface area contributed by atoms with Crippen molar-refractivity contribution < 1.29 is 14.3 Å². The van der Waals surface area contributed by atoms with Gasteiger partial charge in [0.1, 0.15) is 5.75 Å². The summed E-state index contributed by atoms with van der Waals surface area (Å²) in [4.78, 5) is 23.8. The lowest BCUT2D eigenvalue weighted by atomic mass is 10.0. The highest BCUT2D eigenvalue weighted by Gasteiger charge is 2.07. The van der Waals surface area contributed by atoms with Crippen LogP contribution in [0.4, 0.5) is 0 Å². The quantitative estimate of drug-likeness (QED) is 0.828. The van der Waals surface area contributed by atoms with Crippen molar-refractivity contribution in [2.45, 2.75) is 26.7 Å². The Morgan fingerprint density at radius 1 is 0.833 bits per heavy atom. The number of carbonyl (C=O) groups is 2. The van der Waals surface area contributed by atoms with Crippen LogP contribution in [0.1, 0.15) is 22.3 Å². The Morgan fingerprint density at radius 2 is 1.38 bits per heavy atom. The molecule has 2 amide bonds. The van der Waals surface area contributed by atoms with E-state index in [0.717, 1.165) is 22.4 Å². The Bertz CT molecular complexity index is 724. The number of hydrazine groups is 1. The van der Waals surface area contributed by atoms with E-state index in [1.165, 1.54) is 5.56 Å². The second-order valence-corrected chi connectivity index (χ2v) is 5.72. The number of amides is 2. The van der Waals surface area contributed by atoms with Crippen molar-refractivity contribution in [3.8, 4) is 5.75 Å². The van der Waals surface area contributed by atoms with E-state index in [4.69, 9.17) is 4.74 Å². The van der Waals surface area contributed by atoms with Crippen molar-refractivity contribution in [1.29, 1.82) is 0 Å². The van der Waals surface area contributed by atoms with Crippen LogP contribution in [0.25, 0.3) is 0 Å². The molecule has 0 aliphatic rings. The Morgan fingerprint density at radius 3 is 1.92 bits per heavy atom. The van der Waals surface area contributed by atoms with E-state index in [2.05, 4.69) is 10.9 Å². The fraction of sp³-hybridized carbons (Fsp3) is 0.263. The summed E-state index contributed by atoms with van der Waals surface area (Å²) in [6.45, 7) is 4.03. The molecule has 0 bridgehead atoms. The molecule has 0 radical (unpaired) electrons. The number of aryl methyl sites for hydroxylation is 2. The van der Waals surface area contributed by atoms with Gasteiger partial charge in [-0.2, -0.15) is 0 Å². The molecule has 0 atom stereocenters. The first-order valence-electron chi connectivity index (χ1n) is 7.74. The van der Waals surface area contributed by atoms with E-state index in [-0.39, 0.29) is 24.7 Å². The standard InChI is InChI=1S/C19H22N2O3/c1-13-4-5-16(10-14(13)2)12-19(23)21-20-18(22)11-15-6-8-17(24-3)9-7-15/h4-10H,11-12H2,1-3H3,(H,20,22)(H,21,23). The molecule has 0 spiro atoms. The summed E-state index contributed by atoms with van der Waals surface area (Å²) < 4.78 is 5.07. The van der Waals surface area contributed by atoms with Gasteiger partial charge < -0.3 is 4.74 Å². The van der Waals surface area contributed by atoms with E-state index in [9.17, 15) is 9.59 Å². The van der Waals surface area contributed by atoms with Crippen LogP contribution in [-0.2, 0) is 22.4 Å². The lowest BCUT2D eigenvalue weighted by Gasteiger charge is -2.09. The number of carbonyl (C=O) groups excluding carboxylic acids is 2. The zero-order valence-electron chi connectivity index (χ0n) is 14.2. The number of hydrogen-bond acceptors (Lipinski definition) is 3. The topological polar surface area (TPSA) is 67.4 Å². The number of nitrogens with one attached hydrogen (secondary N) is 2. The molecule has 2 aromatic rings. The highest BCUT2D eigenvalue weighted by atomic mass is 16.5. The molecule has 5 nitrogen and oxygen atoms in total. The first kappa shape index (κ1) is 17.5. The minimum absolute atomic E-state index is 0.188. The molecule has 0 aromatic heterocycles. The Hall–Kier alpha value is -2.82. The van der Waals surface area contributed by atoms with E-state index >= 15 is 0 Å². The molecule has 0 saturated heterocycles. The maximum Gasteiger partial charge on any atom is 0.242 e. The van der Waals surface area contributed by atoms with Crippen LogP contribution in [0.15, 0.2) is 42.5 Å². The fourth-order valence-electron chi connectivity index (χ4n) is 2.26. The molecule has 0 saturated carbocycles. The third-order valence-corrected chi connectivity index (χ3v) is 3.80. The van der Waals surface area contributed by atoms with Crippen molar-refractivity contribution >= 4 is 11.8 Å². The van der Waals surface area contributed by atoms with Crippen molar-refractivity contribution in [2.75, 3.05) is 7.11 Å². The van der Waals surface area contributed by atoms with E-state index in [0.29, 0.717) is 0 Å². The maximum atomic E-state index is 11.9. The smallest absolute Gasteiger partial charge is 0.242 e. The summed E-state index contributed by atoms with van der Waals surface area (Å²) in [6, 6.07) is 13.1. The summed E-state index contributed by atoms with van der Waals surface area (Å²) in [5, 5.41) is 0. The van der Waals surface area contributed by atoms with Crippen LogP contribution in [0.3, 0.4) is 0 Å². The van der Waals surface area contributed by atoms with Crippen molar-refractivity contribution in [3.63, 3.8) is 0 Å².